The highest BCUT2D eigenvalue weighted by atomic mass is 79.9. The van der Waals surface area contributed by atoms with Gasteiger partial charge in [0.2, 0.25) is 0 Å². The van der Waals surface area contributed by atoms with Gasteiger partial charge in [-0.05, 0) is 44.0 Å². The third-order valence-corrected chi connectivity index (χ3v) is 4.48. The van der Waals surface area contributed by atoms with Crippen molar-refractivity contribution >= 4 is 44.1 Å². The largest absolute Gasteiger partial charge is 0.396 e. The van der Waals surface area contributed by atoms with Gasteiger partial charge in [-0.15, -0.1) is 11.3 Å². The summed E-state index contributed by atoms with van der Waals surface area (Å²) in [6.45, 7) is 2.55. The molecule has 0 aliphatic carbocycles. The summed E-state index contributed by atoms with van der Waals surface area (Å²) < 4.78 is 0.959. The molecule has 0 spiro atoms. The number of halogens is 1. The zero-order valence-corrected chi connectivity index (χ0v) is 14.7. The fourth-order valence-corrected chi connectivity index (χ4v) is 2.95. The first-order valence-electron chi connectivity index (χ1n) is 6.97. The van der Waals surface area contributed by atoms with Crippen LogP contribution in [-0.2, 0) is 0 Å². The average Bonchev–Trinajstić information content (AvgIpc) is 2.92. The van der Waals surface area contributed by atoms with E-state index >= 15 is 0 Å². The van der Waals surface area contributed by atoms with E-state index in [0.717, 1.165) is 22.3 Å². The van der Waals surface area contributed by atoms with Gasteiger partial charge in [0.25, 0.3) is 0 Å². The van der Waals surface area contributed by atoms with Crippen molar-refractivity contribution in [3.8, 4) is 0 Å². The van der Waals surface area contributed by atoms with Crippen LogP contribution >= 0.6 is 27.3 Å². The first-order chi connectivity index (χ1) is 10.6. The van der Waals surface area contributed by atoms with Gasteiger partial charge < -0.3 is 10.4 Å². The van der Waals surface area contributed by atoms with Crippen molar-refractivity contribution in [2.75, 3.05) is 23.4 Å². The molecule has 0 saturated heterocycles. The van der Waals surface area contributed by atoms with Crippen LogP contribution in [0.4, 0.5) is 15.6 Å². The average molecular weight is 384 g/mol. The molecule has 5 nitrogen and oxygen atoms in total. The number of rotatable bonds is 6. The van der Waals surface area contributed by atoms with Crippen molar-refractivity contribution in [3.63, 3.8) is 0 Å². The normalized spacial score (nSPS) is 10.5. The molecule has 2 amide bonds. The molecule has 1 aromatic carbocycles. The minimum atomic E-state index is -0.213. The molecule has 118 valence electrons. The van der Waals surface area contributed by atoms with Gasteiger partial charge in [0.05, 0.1) is 5.69 Å². The van der Waals surface area contributed by atoms with Crippen molar-refractivity contribution in [3.05, 3.63) is 39.8 Å². The molecule has 0 atom stereocenters. The van der Waals surface area contributed by atoms with Gasteiger partial charge in [0.1, 0.15) is 0 Å². The minimum absolute atomic E-state index is 0.124. The van der Waals surface area contributed by atoms with Crippen LogP contribution in [0.25, 0.3) is 0 Å². The van der Waals surface area contributed by atoms with Crippen LogP contribution < -0.4 is 10.2 Å². The molecule has 0 bridgehead atoms. The number of nitrogens with zero attached hydrogens (tertiary/aromatic N) is 2. The van der Waals surface area contributed by atoms with E-state index in [2.05, 4.69) is 26.2 Å². The van der Waals surface area contributed by atoms with Crippen molar-refractivity contribution in [2.45, 2.75) is 19.8 Å². The first kappa shape index (κ1) is 16.9. The van der Waals surface area contributed by atoms with Crippen molar-refractivity contribution < 1.29 is 9.90 Å². The number of amides is 2. The number of anilines is 2. The number of hydrogen-bond acceptors (Lipinski definition) is 4. The number of thiazole rings is 1. The Morgan fingerprint density at radius 1 is 1.36 bits per heavy atom. The lowest BCUT2D eigenvalue weighted by Gasteiger charge is -2.20. The molecule has 0 fully saturated rings. The van der Waals surface area contributed by atoms with Gasteiger partial charge in [-0.1, -0.05) is 15.9 Å². The summed E-state index contributed by atoms with van der Waals surface area (Å²) in [4.78, 5) is 18.5. The number of carbonyl (C=O) groups is 1. The molecule has 0 aliphatic rings. The third-order valence-electron chi connectivity index (χ3n) is 2.97. The number of aromatic nitrogens is 1. The second-order valence-corrected chi connectivity index (χ2v) is 6.54. The number of nitrogens with one attached hydrogen (secondary N) is 1. The number of hydrogen-bond donors (Lipinski definition) is 2. The quantitative estimate of drug-likeness (QED) is 0.740. The van der Waals surface area contributed by atoms with Crippen molar-refractivity contribution in [1.82, 2.24) is 4.98 Å². The second kappa shape index (κ2) is 8.26. The highest BCUT2D eigenvalue weighted by molar-refractivity contribution is 9.10. The predicted octanol–water partition coefficient (Wildman–Crippen LogP) is 4.03. The fourth-order valence-electron chi connectivity index (χ4n) is 1.86. The highest BCUT2D eigenvalue weighted by Crippen LogP contribution is 2.22. The summed E-state index contributed by atoms with van der Waals surface area (Å²) in [5, 5.41) is 14.4. The number of benzene rings is 1. The molecule has 0 radical (unpaired) electrons. The molecule has 22 heavy (non-hydrogen) atoms. The van der Waals surface area contributed by atoms with Crippen LogP contribution in [0.2, 0.25) is 0 Å². The SMILES string of the molecule is Cc1csc(N(CCCCO)C(=O)Nc2ccc(Br)cc2)n1. The Morgan fingerprint density at radius 3 is 2.68 bits per heavy atom. The van der Waals surface area contributed by atoms with E-state index in [-0.39, 0.29) is 12.6 Å². The molecule has 7 heteroatoms. The maximum absolute atomic E-state index is 12.5. The Balaban J connectivity index is 2.09. The van der Waals surface area contributed by atoms with Gasteiger partial charge >= 0.3 is 6.03 Å². The van der Waals surface area contributed by atoms with Crippen molar-refractivity contribution in [2.24, 2.45) is 0 Å². The monoisotopic (exact) mass is 383 g/mol. The van der Waals surface area contributed by atoms with E-state index in [0.29, 0.717) is 18.1 Å². The number of unbranched alkanes of at least 4 members (excludes halogenated alkanes) is 1. The van der Waals surface area contributed by atoms with Gasteiger partial charge in [-0.3, -0.25) is 4.90 Å². The van der Waals surface area contributed by atoms with Gasteiger partial charge in [-0.2, -0.15) is 0 Å². The van der Waals surface area contributed by atoms with Gasteiger partial charge in [0.15, 0.2) is 5.13 Å². The lowest BCUT2D eigenvalue weighted by molar-refractivity contribution is 0.255. The fraction of sp³-hybridized carbons (Fsp3) is 0.333. The van der Waals surface area contributed by atoms with E-state index in [1.807, 2.05) is 36.6 Å². The maximum Gasteiger partial charge on any atom is 0.328 e. The Kier molecular flexibility index (Phi) is 6.35. The highest BCUT2D eigenvalue weighted by Gasteiger charge is 2.18. The molecular weight excluding hydrogens is 366 g/mol. The molecular formula is C15H18BrN3O2S. The van der Waals surface area contributed by atoms with Gasteiger partial charge in [0, 0.05) is 28.7 Å². The summed E-state index contributed by atoms with van der Waals surface area (Å²) in [5.41, 5.74) is 1.62. The van der Waals surface area contributed by atoms with E-state index in [1.165, 1.54) is 11.3 Å². The summed E-state index contributed by atoms with van der Waals surface area (Å²) in [7, 11) is 0. The lowest BCUT2D eigenvalue weighted by atomic mass is 10.3. The minimum Gasteiger partial charge on any atom is -0.396 e. The van der Waals surface area contributed by atoms with E-state index in [9.17, 15) is 4.79 Å². The van der Waals surface area contributed by atoms with Crippen LogP contribution in [-0.4, -0.2) is 29.3 Å². The smallest absolute Gasteiger partial charge is 0.328 e. The Hall–Kier alpha value is -1.44. The number of aliphatic hydroxyl groups is 1. The summed E-state index contributed by atoms with van der Waals surface area (Å²) in [5.74, 6) is 0. The maximum atomic E-state index is 12.5. The van der Waals surface area contributed by atoms with Crippen LogP contribution in [0.15, 0.2) is 34.1 Å². The number of carbonyl (C=O) groups excluding carboxylic acids is 1. The number of aliphatic hydroxyl groups excluding tert-OH is 1. The van der Waals surface area contributed by atoms with Crippen LogP contribution in [0.3, 0.4) is 0 Å². The summed E-state index contributed by atoms with van der Waals surface area (Å²) >= 11 is 4.81. The number of urea groups is 1. The Labute approximate surface area is 142 Å². The summed E-state index contributed by atoms with van der Waals surface area (Å²) in [6, 6.07) is 7.20. The Morgan fingerprint density at radius 2 is 2.09 bits per heavy atom. The molecule has 0 aliphatic heterocycles. The van der Waals surface area contributed by atoms with Crippen LogP contribution in [0.1, 0.15) is 18.5 Å². The molecule has 0 unspecified atom stereocenters. The molecule has 1 aromatic heterocycles. The molecule has 2 rings (SSSR count). The topological polar surface area (TPSA) is 65.5 Å². The standard InChI is InChI=1S/C15H18BrN3O2S/c1-11-10-22-15(17-11)19(8-2-3-9-20)14(21)18-13-6-4-12(16)5-7-13/h4-7,10,20H,2-3,8-9H2,1H3,(H,18,21). The van der Waals surface area contributed by atoms with Crippen molar-refractivity contribution in [1.29, 1.82) is 0 Å². The lowest BCUT2D eigenvalue weighted by Crippen LogP contribution is -2.35. The van der Waals surface area contributed by atoms with E-state index in [1.54, 1.807) is 4.90 Å². The molecule has 2 aromatic rings. The molecule has 1 heterocycles. The molecule has 2 N–H and O–H groups in total. The second-order valence-electron chi connectivity index (χ2n) is 4.79. The Bertz CT molecular complexity index is 616. The van der Waals surface area contributed by atoms with Crippen LogP contribution in [0, 0.1) is 6.92 Å². The zero-order chi connectivity index (χ0) is 15.9. The van der Waals surface area contributed by atoms with Crippen LogP contribution in [0.5, 0.6) is 0 Å². The summed E-state index contributed by atoms with van der Waals surface area (Å²) in [6.07, 6.45) is 1.38. The van der Waals surface area contributed by atoms with E-state index in [4.69, 9.17) is 5.11 Å². The molecule has 0 saturated carbocycles. The first-order valence-corrected chi connectivity index (χ1v) is 8.64. The number of aryl methyl sites for hydroxylation is 1. The zero-order valence-electron chi connectivity index (χ0n) is 12.3. The third kappa shape index (κ3) is 4.79. The predicted molar refractivity (Wildman–Crippen MR) is 93.7 cm³/mol. The van der Waals surface area contributed by atoms with Gasteiger partial charge in [-0.25, -0.2) is 9.78 Å². The van der Waals surface area contributed by atoms with E-state index < -0.39 is 0 Å².